The first kappa shape index (κ1) is 25.3. The minimum absolute atomic E-state index is 0.0158. The molecule has 4 aromatic rings. The van der Waals surface area contributed by atoms with Gasteiger partial charge in [-0.15, -0.1) is 11.3 Å². The largest absolute Gasteiger partial charge is 0.504 e. The van der Waals surface area contributed by atoms with Crippen LogP contribution in [0.5, 0.6) is 11.5 Å². The van der Waals surface area contributed by atoms with E-state index in [1.54, 1.807) is 58.4 Å². The molecule has 0 fully saturated rings. The molecule has 5 rings (SSSR count). The number of benzene rings is 2. The molecule has 0 radical (unpaired) electrons. The fraction of sp³-hybridized carbons (Fsp3) is 0.231. The zero-order valence-corrected chi connectivity index (χ0v) is 22.3. The first-order valence-corrected chi connectivity index (χ1v) is 13.8. The van der Waals surface area contributed by atoms with Gasteiger partial charge in [0.25, 0.3) is 11.5 Å². The van der Waals surface area contributed by atoms with Crippen molar-refractivity contribution in [3.63, 3.8) is 0 Å². The van der Waals surface area contributed by atoms with E-state index in [9.17, 15) is 14.7 Å². The molecule has 0 bridgehead atoms. The number of ether oxygens (including phenoxy) is 1. The molecule has 11 heteroatoms. The van der Waals surface area contributed by atoms with Crippen molar-refractivity contribution in [3.05, 3.63) is 73.8 Å². The SMILES string of the molecule is COc1cccc(/C=N/NC(=O)CSc2nc3sc4c(c3c(=O)n2-c2ccc(Cl)cc2)CCCC4)c1O. The summed E-state index contributed by atoms with van der Waals surface area (Å²) >= 11 is 8.80. The van der Waals surface area contributed by atoms with Crippen LogP contribution in [-0.2, 0) is 17.6 Å². The Kier molecular flexibility index (Phi) is 7.50. The third-order valence-electron chi connectivity index (χ3n) is 6.02. The van der Waals surface area contributed by atoms with Crippen LogP contribution < -0.4 is 15.7 Å². The average Bonchev–Trinajstić information content (AvgIpc) is 3.28. The second-order valence-electron chi connectivity index (χ2n) is 8.38. The normalized spacial score (nSPS) is 13.1. The zero-order chi connectivity index (χ0) is 25.9. The van der Waals surface area contributed by atoms with E-state index in [1.807, 2.05) is 0 Å². The Labute approximate surface area is 226 Å². The highest BCUT2D eigenvalue weighted by Crippen LogP contribution is 2.35. The molecule has 0 unspecified atom stereocenters. The number of aromatic nitrogens is 2. The number of hydrogen-bond donors (Lipinski definition) is 2. The average molecular weight is 555 g/mol. The predicted molar refractivity (Wildman–Crippen MR) is 148 cm³/mol. The zero-order valence-electron chi connectivity index (χ0n) is 19.9. The van der Waals surface area contributed by atoms with Gasteiger partial charge in [-0.05, 0) is 67.6 Å². The Morgan fingerprint density at radius 2 is 2.05 bits per heavy atom. The Morgan fingerprint density at radius 3 is 2.84 bits per heavy atom. The summed E-state index contributed by atoms with van der Waals surface area (Å²) in [6, 6.07) is 12.0. The minimum atomic E-state index is -0.383. The van der Waals surface area contributed by atoms with E-state index in [1.165, 1.54) is 18.2 Å². The fourth-order valence-corrected chi connectivity index (χ4v) is 6.48. The monoisotopic (exact) mass is 554 g/mol. The van der Waals surface area contributed by atoms with Gasteiger partial charge in [-0.1, -0.05) is 29.4 Å². The quantitative estimate of drug-likeness (QED) is 0.145. The molecule has 0 saturated heterocycles. The standard InChI is InChI=1S/C26H23ClN4O4S2/c1-35-19-7-4-5-15(23(19)33)13-28-30-21(32)14-36-26-29-24-22(18-6-2-3-8-20(18)37-24)25(34)31(26)17-11-9-16(27)10-12-17/h4-5,7,9-13,33H,2-3,6,8,14H2,1H3,(H,30,32)/b28-13+. The Bertz CT molecular complexity index is 1560. The summed E-state index contributed by atoms with van der Waals surface area (Å²) in [5, 5.41) is 15.7. The van der Waals surface area contributed by atoms with E-state index in [0.29, 0.717) is 37.4 Å². The molecule has 190 valence electrons. The number of hydrazone groups is 1. The van der Waals surface area contributed by atoms with E-state index >= 15 is 0 Å². The lowest BCUT2D eigenvalue weighted by molar-refractivity contribution is -0.118. The summed E-state index contributed by atoms with van der Waals surface area (Å²) in [5.41, 5.74) is 4.46. The Morgan fingerprint density at radius 1 is 1.27 bits per heavy atom. The van der Waals surface area contributed by atoms with Gasteiger partial charge in [0.1, 0.15) is 4.83 Å². The van der Waals surface area contributed by atoms with E-state index in [0.717, 1.165) is 43.0 Å². The summed E-state index contributed by atoms with van der Waals surface area (Å²) in [7, 11) is 1.45. The van der Waals surface area contributed by atoms with Crippen LogP contribution in [0.15, 0.2) is 57.5 Å². The van der Waals surface area contributed by atoms with Gasteiger partial charge < -0.3 is 9.84 Å². The van der Waals surface area contributed by atoms with Crippen LogP contribution in [-0.4, -0.2) is 39.6 Å². The number of nitrogens with one attached hydrogen (secondary N) is 1. The number of fused-ring (bicyclic) bond motifs is 3. The number of aryl methyl sites for hydroxylation is 2. The number of thioether (sulfide) groups is 1. The number of carbonyl (C=O) groups is 1. The van der Waals surface area contributed by atoms with Crippen molar-refractivity contribution in [1.82, 2.24) is 15.0 Å². The maximum Gasteiger partial charge on any atom is 0.267 e. The van der Waals surface area contributed by atoms with Gasteiger partial charge >= 0.3 is 0 Å². The molecule has 2 aromatic heterocycles. The van der Waals surface area contributed by atoms with Crippen LogP contribution in [0.2, 0.25) is 5.02 Å². The first-order chi connectivity index (χ1) is 18.0. The third-order valence-corrected chi connectivity index (χ3v) is 8.39. The number of nitrogens with zero attached hydrogens (tertiary/aromatic N) is 3. The Hall–Kier alpha value is -3.34. The summed E-state index contributed by atoms with van der Waals surface area (Å²) in [5.74, 6) is -0.160. The van der Waals surface area contributed by atoms with Crippen molar-refractivity contribution < 1.29 is 14.6 Å². The molecule has 0 saturated carbocycles. The van der Waals surface area contributed by atoms with Crippen molar-refractivity contribution in [2.45, 2.75) is 30.8 Å². The molecule has 37 heavy (non-hydrogen) atoms. The molecule has 2 N–H and O–H groups in total. The molecule has 1 amide bonds. The smallest absolute Gasteiger partial charge is 0.267 e. The van der Waals surface area contributed by atoms with Crippen LogP contribution in [0.4, 0.5) is 0 Å². The molecule has 1 aliphatic rings. The second kappa shape index (κ2) is 11.0. The number of halogens is 1. The van der Waals surface area contributed by atoms with Gasteiger partial charge in [-0.25, -0.2) is 10.4 Å². The van der Waals surface area contributed by atoms with Crippen LogP contribution in [0.1, 0.15) is 28.8 Å². The molecule has 8 nitrogen and oxygen atoms in total. The second-order valence-corrected chi connectivity index (χ2v) is 10.8. The maximum absolute atomic E-state index is 13.8. The van der Waals surface area contributed by atoms with Gasteiger partial charge in [-0.2, -0.15) is 5.10 Å². The summed E-state index contributed by atoms with van der Waals surface area (Å²) in [4.78, 5) is 33.0. The summed E-state index contributed by atoms with van der Waals surface area (Å²) in [6.07, 6.45) is 5.35. The van der Waals surface area contributed by atoms with Crippen LogP contribution in [0.25, 0.3) is 15.9 Å². The van der Waals surface area contributed by atoms with Gasteiger partial charge in [0.2, 0.25) is 0 Å². The molecule has 2 aromatic carbocycles. The number of amides is 1. The van der Waals surface area contributed by atoms with E-state index in [2.05, 4.69) is 10.5 Å². The van der Waals surface area contributed by atoms with Crippen molar-refractivity contribution in [1.29, 1.82) is 0 Å². The summed E-state index contributed by atoms with van der Waals surface area (Å²) in [6.45, 7) is 0. The lowest BCUT2D eigenvalue weighted by Gasteiger charge is -2.13. The van der Waals surface area contributed by atoms with Gasteiger partial charge in [0.15, 0.2) is 16.7 Å². The van der Waals surface area contributed by atoms with E-state index < -0.39 is 0 Å². The molecular weight excluding hydrogens is 532 g/mol. The van der Waals surface area contributed by atoms with Crippen molar-refractivity contribution in [3.8, 4) is 17.2 Å². The molecule has 0 atom stereocenters. The highest BCUT2D eigenvalue weighted by Gasteiger charge is 2.23. The van der Waals surface area contributed by atoms with Crippen LogP contribution >= 0.6 is 34.7 Å². The fourth-order valence-electron chi connectivity index (χ4n) is 4.25. The number of phenolic OH excluding ortho intramolecular Hbond substituents is 1. The molecular formula is C26H23ClN4O4S2. The number of thiophene rings is 1. The summed E-state index contributed by atoms with van der Waals surface area (Å²) < 4.78 is 6.63. The van der Waals surface area contributed by atoms with Gasteiger partial charge in [0.05, 0.1) is 30.2 Å². The lowest BCUT2D eigenvalue weighted by atomic mass is 9.97. The first-order valence-electron chi connectivity index (χ1n) is 11.6. The van der Waals surface area contributed by atoms with E-state index in [-0.39, 0.29) is 23.0 Å². The van der Waals surface area contributed by atoms with Crippen molar-refractivity contribution in [2.24, 2.45) is 5.10 Å². The van der Waals surface area contributed by atoms with E-state index in [4.69, 9.17) is 21.3 Å². The number of para-hydroxylation sites is 1. The minimum Gasteiger partial charge on any atom is -0.504 e. The number of aromatic hydroxyl groups is 1. The number of phenols is 1. The molecule has 2 heterocycles. The highest BCUT2D eigenvalue weighted by molar-refractivity contribution is 7.99. The highest BCUT2D eigenvalue weighted by atomic mass is 35.5. The lowest BCUT2D eigenvalue weighted by Crippen LogP contribution is -2.24. The topological polar surface area (TPSA) is 106 Å². The van der Waals surface area contributed by atoms with Crippen molar-refractivity contribution in [2.75, 3.05) is 12.9 Å². The third kappa shape index (κ3) is 5.22. The molecule has 0 aliphatic heterocycles. The van der Waals surface area contributed by atoms with Crippen molar-refractivity contribution >= 4 is 57.0 Å². The number of carbonyl (C=O) groups excluding carboxylic acids is 1. The number of hydrogen-bond acceptors (Lipinski definition) is 8. The van der Waals surface area contributed by atoms with Gasteiger partial charge in [0, 0.05) is 15.5 Å². The maximum atomic E-state index is 13.8. The predicted octanol–water partition coefficient (Wildman–Crippen LogP) is 4.94. The van der Waals surface area contributed by atoms with Crippen LogP contribution in [0, 0.1) is 0 Å². The number of methoxy groups -OCH3 is 1. The Balaban J connectivity index is 1.41. The number of rotatable bonds is 7. The van der Waals surface area contributed by atoms with Crippen LogP contribution in [0.3, 0.4) is 0 Å². The molecule has 1 aliphatic carbocycles. The van der Waals surface area contributed by atoms with Gasteiger partial charge in [-0.3, -0.25) is 14.2 Å². The molecule has 0 spiro atoms.